The van der Waals surface area contributed by atoms with Gasteiger partial charge in [0.25, 0.3) is 5.91 Å². The van der Waals surface area contributed by atoms with Gasteiger partial charge in [0.1, 0.15) is 17.5 Å². The zero-order chi connectivity index (χ0) is 22.1. The number of nitrogens with zero attached hydrogens (tertiary/aromatic N) is 3. The van der Waals surface area contributed by atoms with Gasteiger partial charge in [-0.15, -0.1) is 0 Å². The number of likely N-dealkylation sites (tertiary alicyclic amines) is 1. The van der Waals surface area contributed by atoms with Gasteiger partial charge in [0.15, 0.2) is 5.82 Å². The molecule has 1 aliphatic heterocycles. The highest BCUT2D eigenvalue weighted by Gasteiger charge is 2.36. The Morgan fingerprint density at radius 2 is 1.97 bits per heavy atom. The fraction of sp³-hybridized carbons (Fsp3) is 0.476. The summed E-state index contributed by atoms with van der Waals surface area (Å²) in [6, 6.07) is 5.05. The van der Waals surface area contributed by atoms with E-state index in [1.165, 1.54) is 30.5 Å². The van der Waals surface area contributed by atoms with E-state index in [2.05, 4.69) is 10.4 Å². The van der Waals surface area contributed by atoms with E-state index < -0.39 is 5.91 Å². The van der Waals surface area contributed by atoms with Crippen molar-refractivity contribution in [1.29, 1.82) is 0 Å². The van der Waals surface area contributed by atoms with Crippen LogP contribution in [0.5, 0.6) is 0 Å². The van der Waals surface area contributed by atoms with Crippen LogP contribution in [0.3, 0.4) is 0 Å². The lowest BCUT2D eigenvalue weighted by Gasteiger charge is -2.36. The van der Waals surface area contributed by atoms with Crippen molar-refractivity contribution in [3.63, 3.8) is 0 Å². The van der Waals surface area contributed by atoms with E-state index in [9.17, 15) is 14.0 Å². The highest BCUT2D eigenvalue weighted by atomic mass is 19.1. The van der Waals surface area contributed by atoms with Crippen LogP contribution in [0, 0.1) is 11.7 Å². The van der Waals surface area contributed by atoms with E-state index in [0.29, 0.717) is 31.1 Å². The topological polar surface area (TPSA) is 128 Å². The summed E-state index contributed by atoms with van der Waals surface area (Å²) < 4.78 is 20.3. The summed E-state index contributed by atoms with van der Waals surface area (Å²) in [4.78, 5) is 26.2. The first-order valence-electron chi connectivity index (χ1n) is 10.4. The molecule has 10 heteroatoms. The summed E-state index contributed by atoms with van der Waals surface area (Å²) in [6.07, 6.45) is 3.83. The predicted molar refractivity (Wildman–Crippen MR) is 112 cm³/mol. The van der Waals surface area contributed by atoms with Gasteiger partial charge in [0.2, 0.25) is 0 Å². The summed E-state index contributed by atoms with van der Waals surface area (Å²) in [5.74, 6) is -0.332. The normalized spacial score (nSPS) is 22.1. The molecule has 1 aromatic heterocycles. The van der Waals surface area contributed by atoms with Crippen molar-refractivity contribution in [2.75, 3.05) is 18.4 Å². The van der Waals surface area contributed by atoms with Crippen LogP contribution in [0.25, 0.3) is 0 Å². The second-order valence-corrected chi connectivity index (χ2v) is 8.26. The van der Waals surface area contributed by atoms with Crippen LogP contribution < -0.4 is 16.8 Å². The molecular weight excluding hydrogens is 403 g/mol. The molecule has 9 nitrogen and oxygen atoms in total. The summed E-state index contributed by atoms with van der Waals surface area (Å²) in [5.41, 5.74) is 12.6. The number of piperidine rings is 1. The molecule has 3 atom stereocenters. The first kappa shape index (κ1) is 21.1. The number of rotatable bonds is 6. The summed E-state index contributed by atoms with van der Waals surface area (Å²) in [5, 5.41) is 7.46. The number of benzene rings is 1. The number of amides is 2. The lowest BCUT2D eigenvalue weighted by atomic mass is 10.0. The Morgan fingerprint density at radius 3 is 2.61 bits per heavy atom. The molecule has 0 bridgehead atoms. The lowest BCUT2D eigenvalue weighted by molar-refractivity contribution is 0.0463. The Labute approximate surface area is 179 Å². The molecule has 166 valence electrons. The van der Waals surface area contributed by atoms with Crippen molar-refractivity contribution >= 4 is 23.5 Å². The fourth-order valence-corrected chi connectivity index (χ4v) is 3.79. The third-order valence-corrected chi connectivity index (χ3v) is 5.91. The van der Waals surface area contributed by atoms with Crippen molar-refractivity contribution in [3.8, 4) is 0 Å². The number of anilines is 2. The van der Waals surface area contributed by atoms with Gasteiger partial charge >= 0.3 is 6.09 Å². The Kier molecular flexibility index (Phi) is 5.81. The van der Waals surface area contributed by atoms with Gasteiger partial charge in [-0.05, 0) is 56.4 Å². The van der Waals surface area contributed by atoms with Gasteiger partial charge < -0.3 is 26.4 Å². The maximum atomic E-state index is 13.2. The smallest absolute Gasteiger partial charge is 0.410 e. The molecule has 5 N–H and O–H groups in total. The molecule has 1 aromatic carbocycles. The van der Waals surface area contributed by atoms with E-state index in [1.54, 1.807) is 9.58 Å². The van der Waals surface area contributed by atoms with Gasteiger partial charge in [-0.2, -0.15) is 5.10 Å². The van der Waals surface area contributed by atoms with Gasteiger partial charge in [0, 0.05) is 31.0 Å². The Bertz CT molecular complexity index is 959. The largest absolute Gasteiger partial charge is 0.446 e. The lowest BCUT2D eigenvalue weighted by Crippen LogP contribution is -2.50. The molecule has 2 fully saturated rings. The monoisotopic (exact) mass is 430 g/mol. The zero-order valence-corrected chi connectivity index (χ0v) is 17.3. The second-order valence-electron chi connectivity index (χ2n) is 8.26. The Morgan fingerprint density at radius 1 is 1.26 bits per heavy atom. The molecule has 2 aromatic rings. The number of nitrogens with one attached hydrogen (secondary N) is 1. The SMILES string of the molecule is CC(OC(=O)N1CC[C@@H](N)C(n2cc(C(N)=O)c(Nc3ccc(F)cc3)n2)C1)C1CC1. The first-order chi connectivity index (χ1) is 14.8. The molecule has 1 saturated heterocycles. The van der Waals surface area contributed by atoms with E-state index >= 15 is 0 Å². The van der Waals surface area contributed by atoms with Crippen LogP contribution in [0.15, 0.2) is 30.5 Å². The molecule has 31 heavy (non-hydrogen) atoms. The standard InChI is InChI=1S/C21H27FN6O3/c1-12(13-2-3-13)31-21(30)27-9-8-17(23)18(11-27)28-10-16(19(24)29)20(26-28)25-15-6-4-14(22)5-7-15/h4-7,10,12-13,17-18H,2-3,8-9,11,23H2,1H3,(H2,24,29)(H,25,26)/t12?,17-,18?/m1/s1. The quantitative estimate of drug-likeness (QED) is 0.645. The zero-order valence-electron chi connectivity index (χ0n) is 17.3. The number of halogens is 1. The first-order valence-corrected chi connectivity index (χ1v) is 10.4. The number of carbonyl (C=O) groups is 2. The van der Waals surface area contributed by atoms with E-state index in [4.69, 9.17) is 16.2 Å². The summed E-state index contributed by atoms with van der Waals surface area (Å²) >= 11 is 0. The number of hydrogen-bond donors (Lipinski definition) is 3. The molecule has 1 saturated carbocycles. The fourth-order valence-electron chi connectivity index (χ4n) is 3.79. The molecule has 2 amide bonds. The molecule has 1 aliphatic carbocycles. The van der Waals surface area contributed by atoms with Gasteiger partial charge in [-0.3, -0.25) is 9.48 Å². The highest BCUT2D eigenvalue weighted by Crippen LogP contribution is 2.34. The van der Waals surface area contributed by atoms with Crippen molar-refractivity contribution < 1.29 is 18.7 Å². The molecule has 0 radical (unpaired) electrons. The minimum atomic E-state index is -0.658. The summed E-state index contributed by atoms with van der Waals surface area (Å²) in [6.45, 7) is 2.73. The molecule has 0 spiro atoms. The van der Waals surface area contributed by atoms with Crippen LogP contribution in [-0.4, -0.2) is 51.9 Å². The van der Waals surface area contributed by atoms with Gasteiger partial charge in [0.05, 0.1) is 6.04 Å². The van der Waals surface area contributed by atoms with Crippen LogP contribution in [0.1, 0.15) is 42.6 Å². The van der Waals surface area contributed by atoms with Crippen molar-refractivity contribution in [1.82, 2.24) is 14.7 Å². The van der Waals surface area contributed by atoms with Crippen molar-refractivity contribution in [2.24, 2.45) is 17.4 Å². The van der Waals surface area contributed by atoms with Gasteiger partial charge in [-0.25, -0.2) is 9.18 Å². The minimum absolute atomic E-state index is 0.0979. The van der Waals surface area contributed by atoms with E-state index in [0.717, 1.165) is 12.8 Å². The molecule has 2 unspecified atom stereocenters. The maximum absolute atomic E-state index is 13.2. The average Bonchev–Trinajstić information content (AvgIpc) is 3.50. The minimum Gasteiger partial charge on any atom is -0.446 e. The van der Waals surface area contributed by atoms with Crippen LogP contribution in [0.2, 0.25) is 0 Å². The summed E-state index contributed by atoms with van der Waals surface area (Å²) in [7, 11) is 0. The molecule has 4 rings (SSSR count). The third kappa shape index (κ3) is 4.79. The number of carbonyl (C=O) groups excluding carboxylic acids is 2. The molecule has 2 heterocycles. The molecular formula is C21H27FN6O3. The van der Waals surface area contributed by atoms with E-state index in [-0.39, 0.29) is 41.5 Å². The maximum Gasteiger partial charge on any atom is 0.410 e. The van der Waals surface area contributed by atoms with Crippen molar-refractivity contribution in [2.45, 2.75) is 44.4 Å². The Balaban J connectivity index is 1.51. The molecule has 2 aliphatic rings. The van der Waals surface area contributed by atoms with Crippen molar-refractivity contribution in [3.05, 3.63) is 41.8 Å². The van der Waals surface area contributed by atoms with Gasteiger partial charge in [-0.1, -0.05) is 0 Å². The van der Waals surface area contributed by atoms with Crippen LogP contribution >= 0.6 is 0 Å². The predicted octanol–water partition coefficient (Wildman–Crippen LogP) is 2.37. The number of ether oxygens (including phenoxy) is 1. The van der Waals surface area contributed by atoms with E-state index in [1.807, 2.05) is 6.92 Å². The Hall–Kier alpha value is -3.14. The van der Waals surface area contributed by atoms with Crippen LogP contribution in [0.4, 0.5) is 20.7 Å². The highest BCUT2D eigenvalue weighted by molar-refractivity contribution is 5.98. The number of hydrogen-bond acceptors (Lipinski definition) is 6. The number of primary amides is 1. The average molecular weight is 430 g/mol. The number of aromatic nitrogens is 2. The third-order valence-electron chi connectivity index (χ3n) is 5.91. The van der Waals surface area contributed by atoms with Crippen LogP contribution in [-0.2, 0) is 4.74 Å². The number of nitrogens with two attached hydrogens (primary N) is 2. The second kappa shape index (κ2) is 8.54.